The third-order valence-corrected chi connectivity index (χ3v) is 5.75. The molecule has 1 aromatic rings. The first-order chi connectivity index (χ1) is 10.4. The van der Waals surface area contributed by atoms with Crippen LogP contribution >= 0.6 is 0 Å². The minimum Gasteiger partial charge on any atom is -0.496 e. The van der Waals surface area contributed by atoms with E-state index < -0.39 is 0 Å². The number of ether oxygens (including phenoxy) is 1. The fourth-order valence-electron chi connectivity index (χ4n) is 4.33. The van der Waals surface area contributed by atoms with Gasteiger partial charge >= 0.3 is 7.05 Å². The van der Waals surface area contributed by atoms with E-state index in [4.69, 9.17) is 4.74 Å². The first-order valence-corrected chi connectivity index (χ1v) is 8.27. The van der Waals surface area contributed by atoms with Crippen molar-refractivity contribution >= 4 is 7.05 Å². The van der Waals surface area contributed by atoms with Crippen LogP contribution < -0.4 is 4.74 Å². The molecular weight excluding hydrogens is 275 g/mol. The molecule has 2 aliphatic rings. The SMILES string of the molecule is COc1ccc([C@H](C)N2C[C@@H]3C[C@H]2CN3B(C)O)c(C)c1C. The molecule has 5 heteroatoms. The Balaban J connectivity index is 1.79. The lowest BCUT2D eigenvalue weighted by atomic mass is 9.83. The molecule has 0 aromatic heterocycles. The second-order valence-electron chi connectivity index (χ2n) is 6.85. The summed E-state index contributed by atoms with van der Waals surface area (Å²) < 4.78 is 5.43. The predicted octanol–water partition coefficient (Wildman–Crippen LogP) is 2.24. The molecule has 120 valence electrons. The van der Waals surface area contributed by atoms with E-state index in [1.807, 2.05) is 6.82 Å². The summed E-state index contributed by atoms with van der Waals surface area (Å²) in [6.07, 6.45) is 1.18. The summed E-state index contributed by atoms with van der Waals surface area (Å²) in [6, 6.07) is 5.79. The van der Waals surface area contributed by atoms with Gasteiger partial charge in [0.05, 0.1) is 7.11 Å². The topological polar surface area (TPSA) is 35.9 Å². The van der Waals surface area contributed by atoms with Crippen molar-refractivity contribution in [2.24, 2.45) is 0 Å². The Morgan fingerprint density at radius 3 is 2.50 bits per heavy atom. The summed E-state index contributed by atoms with van der Waals surface area (Å²) in [5.74, 6) is 0.969. The van der Waals surface area contributed by atoms with Crippen molar-refractivity contribution in [1.82, 2.24) is 9.71 Å². The molecule has 0 unspecified atom stereocenters. The number of nitrogens with zero attached hydrogens (tertiary/aromatic N) is 2. The molecule has 22 heavy (non-hydrogen) atoms. The van der Waals surface area contributed by atoms with Crippen molar-refractivity contribution in [2.45, 2.75) is 52.1 Å². The highest BCUT2D eigenvalue weighted by molar-refractivity contribution is 6.45. The maximum absolute atomic E-state index is 9.85. The van der Waals surface area contributed by atoms with Gasteiger partial charge in [0.15, 0.2) is 0 Å². The van der Waals surface area contributed by atoms with Gasteiger partial charge < -0.3 is 14.6 Å². The molecule has 2 aliphatic heterocycles. The standard InChI is InChI=1S/C17H27BN2O2/c1-11-12(2)17(22-5)7-6-16(11)13(3)19-9-15-8-14(19)10-20(15)18(4)21/h6-7,13-15,21H,8-10H2,1-5H3/t13-,14-,15-/m0/s1. The van der Waals surface area contributed by atoms with Crippen LogP contribution in [-0.4, -0.2) is 54.1 Å². The van der Waals surface area contributed by atoms with Gasteiger partial charge in [0, 0.05) is 31.2 Å². The highest BCUT2D eigenvalue weighted by Crippen LogP contribution is 2.39. The Morgan fingerprint density at radius 1 is 1.23 bits per heavy atom. The van der Waals surface area contributed by atoms with E-state index in [2.05, 4.69) is 42.6 Å². The summed E-state index contributed by atoms with van der Waals surface area (Å²) in [5.41, 5.74) is 3.97. The van der Waals surface area contributed by atoms with Crippen LogP contribution in [0.3, 0.4) is 0 Å². The summed E-state index contributed by atoms with van der Waals surface area (Å²) in [5, 5.41) is 9.85. The van der Waals surface area contributed by atoms with E-state index >= 15 is 0 Å². The molecule has 0 aliphatic carbocycles. The minimum absolute atomic E-state index is 0.322. The van der Waals surface area contributed by atoms with Crippen LogP contribution in [-0.2, 0) is 0 Å². The van der Waals surface area contributed by atoms with Crippen LogP contribution in [0.15, 0.2) is 12.1 Å². The molecule has 2 fully saturated rings. The highest BCUT2D eigenvalue weighted by Gasteiger charge is 2.46. The third kappa shape index (κ3) is 2.45. The van der Waals surface area contributed by atoms with Gasteiger partial charge in [0.2, 0.25) is 0 Å². The molecule has 1 N–H and O–H groups in total. The maximum atomic E-state index is 9.85. The van der Waals surface area contributed by atoms with Crippen molar-refractivity contribution < 1.29 is 9.76 Å². The summed E-state index contributed by atoms with van der Waals surface area (Å²) >= 11 is 0. The van der Waals surface area contributed by atoms with Gasteiger partial charge in [0.25, 0.3) is 0 Å². The second kappa shape index (κ2) is 5.87. The van der Waals surface area contributed by atoms with Crippen molar-refractivity contribution in [3.05, 3.63) is 28.8 Å². The normalized spacial score (nSPS) is 26.5. The molecule has 1 aromatic carbocycles. The van der Waals surface area contributed by atoms with Crippen LogP contribution in [0.4, 0.5) is 0 Å². The van der Waals surface area contributed by atoms with Crippen LogP contribution in [0, 0.1) is 13.8 Å². The molecule has 2 saturated heterocycles. The molecule has 2 bridgehead atoms. The smallest absolute Gasteiger partial charge is 0.376 e. The first kappa shape index (κ1) is 15.8. The fraction of sp³-hybridized carbons (Fsp3) is 0.647. The Kier molecular flexibility index (Phi) is 4.23. The molecule has 2 heterocycles. The van der Waals surface area contributed by atoms with Gasteiger partial charge in [-0.3, -0.25) is 4.90 Å². The zero-order valence-corrected chi connectivity index (χ0v) is 14.3. The predicted molar refractivity (Wildman–Crippen MR) is 90.3 cm³/mol. The number of hydrogen-bond acceptors (Lipinski definition) is 4. The largest absolute Gasteiger partial charge is 0.496 e. The van der Waals surface area contributed by atoms with E-state index in [9.17, 15) is 5.02 Å². The Bertz CT molecular complexity index is 564. The average Bonchev–Trinajstić information content (AvgIpc) is 3.09. The van der Waals surface area contributed by atoms with Crippen LogP contribution in [0.5, 0.6) is 5.75 Å². The number of benzene rings is 1. The van der Waals surface area contributed by atoms with Crippen LogP contribution in [0.1, 0.15) is 36.1 Å². The maximum Gasteiger partial charge on any atom is 0.376 e. The minimum atomic E-state index is -0.322. The summed E-state index contributed by atoms with van der Waals surface area (Å²) in [7, 11) is 1.41. The van der Waals surface area contributed by atoms with Gasteiger partial charge in [-0.15, -0.1) is 0 Å². The molecule has 0 saturated carbocycles. The monoisotopic (exact) mass is 302 g/mol. The first-order valence-electron chi connectivity index (χ1n) is 8.27. The van der Waals surface area contributed by atoms with E-state index in [-0.39, 0.29) is 7.05 Å². The van der Waals surface area contributed by atoms with Crippen molar-refractivity contribution in [3.63, 3.8) is 0 Å². The number of piperazine rings is 1. The lowest BCUT2D eigenvalue weighted by Crippen LogP contribution is -2.52. The fourth-order valence-corrected chi connectivity index (χ4v) is 4.33. The molecule has 0 amide bonds. The molecule has 3 rings (SSSR count). The van der Waals surface area contributed by atoms with Crippen molar-refractivity contribution in [2.75, 3.05) is 20.2 Å². The highest BCUT2D eigenvalue weighted by atomic mass is 16.5. The lowest BCUT2D eigenvalue weighted by Gasteiger charge is -2.39. The average molecular weight is 302 g/mol. The Labute approximate surface area is 134 Å². The zero-order chi connectivity index (χ0) is 16.0. The number of hydrogen-bond donors (Lipinski definition) is 1. The Morgan fingerprint density at radius 2 is 1.95 bits per heavy atom. The van der Waals surface area contributed by atoms with Crippen molar-refractivity contribution in [1.29, 1.82) is 0 Å². The van der Waals surface area contributed by atoms with E-state index in [0.29, 0.717) is 18.1 Å². The quantitative estimate of drug-likeness (QED) is 0.865. The summed E-state index contributed by atoms with van der Waals surface area (Å²) in [6.45, 7) is 10.6. The second-order valence-corrected chi connectivity index (χ2v) is 6.85. The van der Waals surface area contributed by atoms with Gasteiger partial charge in [0.1, 0.15) is 5.75 Å². The summed E-state index contributed by atoms with van der Waals surface area (Å²) in [4.78, 5) is 4.85. The van der Waals surface area contributed by atoms with Gasteiger partial charge in [-0.2, -0.15) is 0 Å². The number of methoxy groups -OCH3 is 1. The number of likely N-dealkylation sites (tertiary alicyclic amines) is 1. The van der Waals surface area contributed by atoms with Crippen molar-refractivity contribution in [3.8, 4) is 5.75 Å². The van der Waals surface area contributed by atoms with Gasteiger partial charge in [-0.05, 0) is 56.8 Å². The Hall–Kier alpha value is -1.04. The molecule has 3 atom stereocenters. The van der Waals surface area contributed by atoms with Gasteiger partial charge in [-0.25, -0.2) is 0 Å². The molecule has 0 radical (unpaired) electrons. The third-order valence-electron chi connectivity index (χ3n) is 5.75. The van der Waals surface area contributed by atoms with Crippen LogP contribution in [0.25, 0.3) is 0 Å². The lowest BCUT2D eigenvalue weighted by molar-refractivity contribution is 0.130. The van der Waals surface area contributed by atoms with E-state index in [1.54, 1.807) is 7.11 Å². The number of rotatable bonds is 4. The molecule has 4 nitrogen and oxygen atoms in total. The molecule has 0 spiro atoms. The zero-order valence-electron chi connectivity index (χ0n) is 14.3. The van der Waals surface area contributed by atoms with E-state index in [0.717, 1.165) is 18.8 Å². The van der Waals surface area contributed by atoms with E-state index in [1.165, 1.54) is 23.1 Å². The van der Waals surface area contributed by atoms with Gasteiger partial charge in [-0.1, -0.05) is 6.07 Å². The number of fused-ring (bicyclic) bond motifs is 2. The molecular formula is C17H27BN2O2. The van der Waals surface area contributed by atoms with Crippen LogP contribution in [0.2, 0.25) is 6.82 Å².